The molecule has 0 radical (unpaired) electrons. The smallest absolute Gasteiger partial charge is 0.254 e. The Hall–Kier alpha value is 0.01000. The summed E-state index contributed by atoms with van der Waals surface area (Å²) >= 11 is 6.65. The maximum Gasteiger partial charge on any atom is 0.254 e. The summed E-state index contributed by atoms with van der Waals surface area (Å²) in [5, 5.41) is 1.65. The van der Waals surface area contributed by atoms with Crippen molar-refractivity contribution in [3.8, 4) is 0 Å². The van der Waals surface area contributed by atoms with Gasteiger partial charge in [0, 0.05) is 22.0 Å². The highest BCUT2D eigenvalue weighted by Crippen LogP contribution is 2.28. The number of morpholine rings is 1. The summed E-state index contributed by atoms with van der Waals surface area (Å²) < 4.78 is 31.2. The monoisotopic (exact) mass is 412 g/mol. The van der Waals surface area contributed by atoms with Gasteiger partial charge in [-0.2, -0.15) is 0 Å². The number of hydrazine groups is 1. The lowest BCUT2D eigenvalue weighted by Gasteiger charge is -2.27. The van der Waals surface area contributed by atoms with Crippen molar-refractivity contribution in [2.45, 2.75) is 11.8 Å². The molecule has 1 saturated heterocycles. The summed E-state index contributed by atoms with van der Waals surface area (Å²) in [6, 6.07) is 3.38. The minimum Gasteiger partial charge on any atom is -0.379 e. The van der Waals surface area contributed by atoms with Crippen LogP contribution in [0, 0.1) is 6.92 Å². The molecule has 1 aliphatic heterocycles. The van der Waals surface area contributed by atoms with Gasteiger partial charge >= 0.3 is 0 Å². The van der Waals surface area contributed by atoms with Gasteiger partial charge in [-0.3, -0.25) is 0 Å². The molecule has 1 N–H and O–H groups in total. The molecule has 0 spiro atoms. The van der Waals surface area contributed by atoms with Gasteiger partial charge in [0.15, 0.2) is 0 Å². The van der Waals surface area contributed by atoms with E-state index in [2.05, 4.69) is 36.7 Å². The van der Waals surface area contributed by atoms with Crippen molar-refractivity contribution < 1.29 is 13.2 Å². The fourth-order valence-electron chi connectivity index (χ4n) is 1.71. The lowest BCUT2D eigenvalue weighted by Crippen LogP contribution is -2.48. The zero-order valence-corrected chi connectivity index (χ0v) is 14.3. The highest BCUT2D eigenvalue weighted by molar-refractivity contribution is 9.11. The number of nitrogens with zero attached hydrogens (tertiary/aromatic N) is 1. The molecule has 0 amide bonds. The normalized spacial score (nSPS) is 17.6. The zero-order valence-electron chi connectivity index (χ0n) is 10.3. The Morgan fingerprint density at radius 1 is 1.21 bits per heavy atom. The van der Waals surface area contributed by atoms with Crippen LogP contribution < -0.4 is 4.83 Å². The Kier molecular flexibility index (Phi) is 5.02. The van der Waals surface area contributed by atoms with E-state index in [1.165, 1.54) is 0 Å². The third-order valence-corrected chi connectivity index (χ3v) is 5.95. The van der Waals surface area contributed by atoms with E-state index >= 15 is 0 Å². The minimum absolute atomic E-state index is 0.219. The van der Waals surface area contributed by atoms with Crippen LogP contribution in [0.1, 0.15) is 5.56 Å². The van der Waals surface area contributed by atoms with Gasteiger partial charge in [-0.1, -0.05) is 15.9 Å². The Labute approximate surface area is 129 Å². The van der Waals surface area contributed by atoms with Crippen LogP contribution in [-0.4, -0.2) is 39.7 Å². The van der Waals surface area contributed by atoms with Crippen LogP contribution in [0.25, 0.3) is 0 Å². The molecule has 0 aromatic heterocycles. The lowest BCUT2D eigenvalue weighted by molar-refractivity contribution is 0.0272. The zero-order chi connectivity index (χ0) is 14.0. The fourth-order valence-corrected chi connectivity index (χ4v) is 4.51. The first-order chi connectivity index (χ1) is 8.90. The number of hydrogen-bond donors (Lipinski definition) is 1. The number of nitrogens with one attached hydrogen (secondary N) is 1. The molecule has 1 fully saturated rings. The second-order valence-electron chi connectivity index (χ2n) is 4.23. The van der Waals surface area contributed by atoms with Gasteiger partial charge in [-0.05, 0) is 40.5 Å². The van der Waals surface area contributed by atoms with Crippen molar-refractivity contribution in [1.29, 1.82) is 0 Å². The number of sulfonamides is 1. The van der Waals surface area contributed by atoms with Crippen molar-refractivity contribution in [3.63, 3.8) is 0 Å². The number of hydrogen-bond acceptors (Lipinski definition) is 4. The summed E-state index contributed by atoms with van der Waals surface area (Å²) in [5.41, 5.74) is 0.970. The Balaban J connectivity index is 2.26. The third-order valence-electron chi connectivity index (χ3n) is 2.76. The summed E-state index contributed by atoms with van der Waals surface area (Å²) in [6.07, 6.45) is 0. The first-order valence-electron chi connectivity index (χ1n) is 5.71. The molecule has 1 heterocycles. The highest BCUT2D eigenvalue weighted by Gasteiger charge is 2.23. The van der Waals surface area contributed by atoms with Crippen LogP contribution in [0.15, 0.2) is 26.0 Å². The SMILES string of the molecule is Cc1cc(Br)c(S(=O)(=O)NN2CCOCC2)cc1Br. The summed E-state index contributed by atoms with van der Waals surface area (Å²) in [4.78, 5) is 2.79. The number of benzene rings is 1. The van der Waals surface area contributed by atoms with E-state index in [1.807, 2.05) is 6.92 Å². The maximum absolute atomic E-state index is 12.3. The van der Waals surface area contributed by atoms with Crippen LogP contribution in [0.2, 0.25) is 0 Å². The molecule has 1 aromatic rings. The third kappa shape index (κ3) is 3.77. The first-order valence-corrected chi connectivity index (χ1v) is 8.78. The van der Waals surface area contributed by atoms with Gasteiger partial charge in [0.1, 0.15) is 0 Å². The van der Waals surface area contributed by atoms with Gasteiger partial charge in [0.05, 0.1) is 18.1 Å². The average Bonchev–Trinajstić information content (AvgIpc) is 2.34. The predicted molar refractivity (Wildman–Crippen MR) is 79.3 cm³/mol. The number of aryl methyl sites for hydroxylation is 1. The fraction of sp³-hybridized carbons (Fsp3) is 0.455. The quantitative estimate of drug-likeness (QED) is 0.823. The van der Waals surface area contributed by atoms with Crippen LogP contribution in [0.5, 0.6) is 0 Å². The molecule has 0 aliphatic carbocycles. The average molecular weight is 414 g/mol. The molecule has 0 atom stereocenters. The van der Waals surface area contributed by atoms with Crippen molar-refractivity contribution >= 4 is 41.9 Å². The van der Waals surface area contributed by atoms with E-state index in [1.54, 1.807) is 17.1 Å². The van der Waals surface area contributed by atoms with Gasteiger partial charge in [-0.25, -0.2) is 13.4 Å². The number of halogens is 2. The van der Waals surface area contributed by atoms with Crippen LogP contribution in [0.4, 0.5) is 0 Å². The molecule has 2 rings (SSSR count). The standard InChI is InChI=1S/C11H14Br2N2O3S/c1-8-6-10(13)11(7-9(8)12)19(16,17)14-15-2-4-18-5-3-15/h6-7,14H,2-5H2,1H3. The van der Waals surface area contributed by atoms with E-state index in [0.29, 0.717) is 30.8 Å². The van der Waals surface area contributed by atoms with Gasteiger partial charge in [0.25, 0.3) is 10.0 Å². The van der Waals surface area contributed by atoms with Gasteiger partial charge in [0.2, 0.25) is 0 Å². The maximum atomic E-state index is 12.3. The molecule has 0 unspecified atom stereocenters. The van der Waals surface area contributed by atoms with Gasteiger partial charge < -0.3 is 4.74 Å². The van der Waals surface area contributed by atoms with Gasteiger partial charge in [-0.15, -0.1) is 4.83 Å². The second kappa shape index (κ2) is 6.19. The van der Waals surface area contributed by atoms with Crippen molar-refractivity contribution in [1.82, 2.24) is 9.84 Å². The van der Waals surface area contributed by atoms with Crippen LogP contribution in [-0.2, 0) is 14.8 Å². The summed E-state index contributed by atoms with van der Waals surface area (Å²) in [6.45, 7) is 4.05. The van der Waals surface area contributed by atoms with E-state index in [0.717, 1.165) is 10.0 Å². The molecule has 0 saturated carbocycles. The highest BCUT2D eigenvalue weighted by atomic mass is 79.9. The Morgan fingerprint density at radius 3 is 2.47 bits per heavy atom. The molecular formula is C11H14Br2N2O3S. The van der Waals surface area contributed by atoms with Crippen molar-refractivity contribution in [3.05, 3.63) is 26.6 Å². The largest absolute Gasteiger partial charge is 0.379 e. The second-order valence-corrected chi connectivity index (χ2v) is 7.56. The first kappa shape index (κ1) is 15.4. The molecule has 8 heteroatoms. The molecule has 0 bridgehead atoms. The molecule has 1 aromatic carbocycles. The topological polar surface area (TPSA) is 58.6 Å². The van der Waals surface area contributed by atoms with E-state index < -0.39 is 10.0 Å². The molecule has 5 nitrogen and oxygen atoms in total. The molecule has 1 aliphatic rings. The minimum atomic E-state index is -3.59. The van der Waals surface area contributed by atoms with E-state index in [-0.39, 0.29) is 4.90 Å². The van der Waals surface area contributed by atoms with Crippen molar-refractivity contribution in [2.24, 2.45) is 0 Å². The Morgan fingerprint density at radius 2 is 1.84 bits per heavy atom. The predicted octanol–water partition coefficient (Wildman–Crippen LogP) is 2.05. The molecular weight excluding hydrogens is 400 g/mol. The van der Waals surface area contributed by atoms with Crippen molar-refractivity contribution in [2.75, 3.05) is 26.3 Å². The molecule has 106 valence electrons. The van der Waals surface area contributed by atoms with E-state index in [9.17, 15) is 8.42 Å². The summed E-state index contributed by atoms with van der Waals surface area (Å²) in [5.74, 6) is 0. The Bertz CT molecular complexity index is 572. The van der Waals surface area contributed by atoms with Crippen LogP contribution >= 0.6 is 31.9 Å². The van der Waals surface area contributed by atoms with Crippen LogP contribution in [0.3, 0.4) is 0 Å². The lowest BCUT2D eigenvalue weighted by atomic mass is 10.2. The molecule has 19 heavy (non-hydrogen) atoms. The number of ether oxygens (including phenoxy) is 1. The summed E-state index contributed by atoms with van der Waals surface area (Å²) in [7, 11) is -3.59. The number of rotatable bonds is 3. The van der Waals surface area contributed by atoms with E-state index in [4.69, 9.17) is 4.74 Å².